The average molecular weight is 286 g/mol. The Hall–Kier alpha value is -2.05. The molecule has 1 heterocycles. The zero-order valence-corrected chi connectivity index (χ0v) is 10.8. The molecule has 0 aromatic heterocycles. The van der Waals surface area contributed by atoms with E-state index in [9.17, 15) is 22.8 Å². The summed E-state index contributed by atoms with van der Waals surface area (Å²) in [5.74, 6) is -5.28. The van der Waals surface area contributed by atoms with E-state index in [1.165, 1.54) is 0 Å². The molecule has 0 bridgehead atoms. The van der Waals surface area contributed by atoms with Crippen LogP contribution in [0.25, 0.3) is 0 Å². The maximum Gasteiger partial charge on any atom is 0.250 e. The number of halogens is 3. The van der Waals surface area contributed by atoms with Crippen LogP contribution in [0.1, 0.15) is 19.8 Å². The average Bonchev–Trinajstić information content (AvgIpc) is 2.39. The number of benzene rings is 1. The van der Waals surface area contributed by atoms with Gasteiger partial charge in [0.25, 0.3) is 0 Å². The Kier molecular flexibility index (Phi) is 3.96. The summed E-state index contributed by atoms with van der Waals surface area (Å²) in [5.41, 5.74) is -0.164. The Labute approximate surface area is 113 Å². The highest BCUT2D eigenvalue weighted by Crippen LogP contribution is 2.23. The summed E-state index contributed by atoms with van der Waals surface area (Å²) in [5, 5.41) is 2.52. The van der Waals surface area contributed by atoms with Crippen LogP contribution < -0.4 is 10.2 Å². The van der Waals surface area contributed by atoms with E-state index >= 15 is 0 Å². The summed E-state index contributed by atoms with van der Waals surface area (Å²) >= 11 is 0. The van der Waals surface area contributed by atoms with E-state index in [1.54, 1.807) is 0 Å². The van der Waals surface area contributed by atoms with Crippen molar-refractivity contribution in [2.24, 2.45) is 0 Å². The molecular formula is C13H13F3N2O2. The second-order valence-electron chi connectivity index (χ2n) is 4.56. The van der Waals surface area contributed by atoms with E-state index in [-0.39, 0.29) is 12.2 Å². The Balaban J connectivity index is 2.35. The summed E-state index contributed by atoms with van der Waals surface area (Å²) in [7, 11) is 0. The molecular weight excluding hydrogens is 273 g/mol. The van der Waals surface area contributed by atoms with Crippen LogP contribution in [0.2, 0.25) is 0 Å². The first-order valence-corrected chi connectivity index (χ1v) is 6.19. The minimum atomic E-state index is -1.60. The lowest BCUT2D eigenvalue weighted by Crippen LogP contribution is -2.58. The Morgan fingerprint density at radius 3 is 2.40 bits per heavy atom. The summed E-state index contributed by atoms with van der Waals surface area (Å²) in [6.45, 7) is 1.50. The molecule has 1 atom stereocenters. The molecule has 0 aliphatic carbocycles. The van der Waals surface area contributed by atoms with Gasteiger partial charge in [0.2, 0.25) is 11.8 Å². The molecule has 7 heteroatoms. The number of piperazine rings is 1. The molecule has 1 N–H and O–H groups in total. The van der Waals surface area contributed by atoms with Crippen LogP contribution in [0.15, 0.2) is 12.1 Å². The third kappa shape index (κ3) is 2.61. The van der Waals surface area contributed by atoms with Gasteiger partial charge in [0.15, 0.2) is 17.5 Å². The molecule has 108 valence electrons. The molecule has 2 rings (SSSR count). The van der Waals surface area contributed by atoms with Crippen molar-refractivity contribution in [2.75, 3.05) is 11.4 Å². The van der Waals surface area contributed by atoms with Crippen LogP contribution >= 0.6 is 0 Å². The number of amides is 2. The monoisotopic (exact) mass is 286 g/mol. The van der Waals surface area contributed by atoms with Crippen molar-refractivity contribution >= 4 is 17.5 Å². The minimum absolute atomic E-state index is 0.164. The smallest absolute Gasteiger partial charge is 0.250 e. The summed E-state index contributed by atoms with van der Waals surface area (Å²) < 4.78 is 39.3. The maximum absolute atomic E-state index is 13.2. The van der Waals surface area contributed by atoms with Crippen LogP contribution in [0.4, 0.5) is 18.9 Å². The molecule has 1 aliphatic heterocycles. The lowest BCUT2D eigenvalue weighted by molar-refractivity contribution is -0.131. The fourth-order valence-corrected chi connectivity index (χ4v) is 2.11. The van der Waals surface area contributed by atoms with Crippen molar-refractivity contribution in [1.29, 1.82) is 0 Å². The van der Waals surface area contributed by atoms with Gasteiger partial charge in [-0.2, -0.15) is 0 Å². The number of carbonyl (C=O) groups excluding carboxylic acids is 2. The number of hydrogen-bond donors (Lipinski definition) is 1. The van der Waals surface area contributed by atoms with Gasteiger partial charge in [0, 0.05) is 12.1 Å². The van der Waals surface area contributed by atoms with Gasteiger partial charge in [-0.05, 0) is 6.42 Å². The predicted octanol–water partition coefficient (Wildman–Crippen LogP) is 1.74. The lowest BCUT2D eigenvalue weighted by Gasteiger charge is -2.32. The van der Waals surface area contributed by atoms with Crippen molar-refractivity contribution in [1.82, 2.24) is 5.32 Å². The van der Waals surface area contributed by atoms with Gasteiger partial charge in [-0.15, -0.1) is 0 Å². The molecule has 0 spiro atoms. The van der Waals surface area contributed by atoms with Crippen LogP contribution in [-0.2, 0) is 9.59 Å². The van der Waals surface area contributed by atoms with Gasteiger partial charge < -0.3 is 10.2 Å². The Bertz CT molecular complexity index is 540. The third-order valence-electron chi connectivity index (χ3n) is 3.06. The van der Waals surface area contributed by atoms with Gasteiger partial charge in [-0.25, -0.2) is 13.2 Å². The summed E-state index contributed by atoms with van der Waals surface area (Å²) in [6, 6.07) is 0.688. The molecule has 0 radical (unpaired) electrons. The van der Waals surface area contributed by atoms with Crippen LogP contribution in [0, 0.1) is 17.5 Å². The van der Waals surface area contributed by atoms with E-state index in [1.807, 2.05) is 6.92 Å². The first-order valence-electron chi connectivity index (χ1n) is 6.19. The second-order valence-corrected chi connectivity index (χ2v) is 4.56. The van der Waals surface area contributed by atoms with Crippen LogP contribution in [0.5, 0.6) is 0 Å². The topological polar surface area (TPSA) is 49.4 Å². The largest absolute Gasteiger partial charge is 0.343 e. The molecule has 1 aromatic rings. The standard InChI is InChI=1S/C13H13F3N2O2/c1-2-3-10-13(20)18(6-11(19)17-10)7-4-8(14)12(16)9(15)5-7/h4-5,10H,2-3,6H2,1H3,(H,17,19). The molecule has 1 aliphatic rings. The molecule has 2 amide bonds. The van der Waals surface area contributed by atoms with Crippen molar-refractivity contribution in [2.45, 2.75) is 25.8 Å². The Morgan fingerprint density at radius 2 is 1.85 bits per heavy atom. The lowest BCUT2D eigenvalue weighted by atomic mass is 10.1. The molecule has 0 saturated carbocycles. The van der Waals surface area contributed by atoms with Gasteiger partial charge in [-0.3, -0.25) is 9.59 Å². The molecule has 1 aromatic carbocycles. The first-order chi connectivity index (χ1) is 9.43. The number of hydrogen-bond acceptors (Lipinski definition) is 2. The van der Waals surface area contributed by atoms with Crippen molar-refractivity contribution in [3.63, 3.8) is 0 Å². The number of nitrogens with one attached hydrogen (secondary N) is 1. The normalized spacial score (nSPS) is 19.2. The van der Waals surface area contributed by atoms with Gasteiger partial charge >= 0.3 is 0 Å². The van der Waals surface area contributed by atoms with E-state index in [2.05, 4.69) is 5.32 Å². The minimum Gasteiger partial charge on any atom is -0.343 e. The van der Waals surface area contributed by atoms with Crippen molar-refractivity contribution in [3.8, 4) is 0 Å². The summed E-state index contributed by atoms with van der Waals surface area (Å²) in [4.78, 5) is 24.7. The first kappa shape index (κ1) is 14.4. The maximum atomic E-state index is 13.2. The van der Waals surface area contributed by atoms with Crippen molar-refractivity contribution in [3.05, 3.63) is 29.6 Å². The van der Waals surface area contributed by atoms with Crippen LogP contribution in [-0.4, -0.2) is 24.4 Å². The van der Waals surface area contributed by atoms with Crippen molar-refractivity contribution < 1.29 is 22.8 Å². The molecule has 4 nitrogen and oxygen atoms in total. The van der Waals surface area contributed by atoms with E-state index < -0.39 is 35.3 Å². The third-order valence-corrected chi connectivity index (χ3v) is 3.06. The zero-order valence-electron chi connectivity index (χ0n) is 10.8. The molecule has 1 fully saturated rings. The fourth-order valence-electron chi connectivity index (χ4n) is 2.11. The number of nitrogens with zero attached hydrogens (tertiary/aromatic N) is 1. The highest BCUT2D eigenvalue weighted by atomic mass is 19.2. The van der Waals surface area contributed by atoms with E-state index in [0.29, 0.717) is 25.0 Å². The second kappa shape index (κ2) is 5.52. The SMILES string of the molecule is CCCC1NC(=O)CN(c2cc(F)c(F)c(F)c2)C1=O. The predicted molar refractivity (Wildman–Crippen MR) is 65.5 cm³/mol. The van der Waals surface area contributed by atoms with Gasteiger partial charge in [0.1, 0.15) is 12.6 Å². The number of anilines is 1. The highest BCUT2D eigenvalue weighted by molar-refractivity contribution is 6.06. The number of carbonyl (C=O) groups is 2. The van der Waals surface area contributed by atoms with E-state index in [4.69, 9.17) is 0 Å². The Morgan fingerprint density at radius 1 is 1.25 bits per heavy atom. The van der Waals surface area contributed by atoms with Gasteiger partial charge in [0.05, 0.1) is 5.69 Å². The summed E-state index contributed by atoms with van der Waals surface area (Å²) in [6.07, 6.45) is 1.09. The number of rotatable bonds is 3. The molecule has 1 unspecified atom stereocenters. The van der Waals surface area contributed by atoms with Gasteiger partial charge in [-0.1, -0.05) is 13.3 Å². The zero-order chi connectivity index (χ0) is 14.9. The molecule has 1 saturated heterocycles. The fraction of sp³-hybridized carbons (Fsp3) is 0.385. The highest BCUT2D eigenvalue weighted by Gasteiger charge is 2.33. The van der Waals surface area contributed by atoms with Crippen LogP contribution in [0.3, 0.4) is 0 Å². The van der Waals surface area contributed by atoms with E-state index in [0.717, 1.165) is 4.90 Å². The quantitative estimate of drug-likeness (QED) is 0.860. The molecule has 20 heavy (non-hydrogen) atoms.